The van der Waals surface area contributed by atoms with Gasteiger partial charge >= 0.3 is 12.2 Å². The van der Waals surface area contributed by atoms with Crippen molar-refractivity contribution in [1.29, 1.82) is 0 Å². The molecule has 0 atom stereocenters. The Bertz CT molecular complexity index is 1760. The standard InChI is InChI=1S/C39H52N6O9/c1-5-44-25-31(41-42-44)29-11-9-10-27(24-29)17-22-51-23-18-34(47)45(30-12-7-6-8-13-30)21-20-43(37(48)49)19-16-28-14-15-32(53-38(50)54-39(2,3)4)35-36(28)52-26-33(46)40-35/h9-11,14-15,24-25,30H,5-8,12-13,16-23,26H2,1-4H3,(H,40,46)(H,48,49). The van der Waals surface area contributed by atoms with Crippen LogP contribution in [0.5, 0.6) is 11.5 Å². The van der Waals surface area contributed by atoms with Crippen molar-refractivity contribution in [2.24, 2.45) is 0 Å². The second kappa shape index (κ2) is 18.7. The first-order valence-corrected chi connectivity index (χ1v) is 18.7. The van der Waals surface area contributed by atoms with Gasteiger partial charge in [0.15, 0.2) is 18.1 Å². The summed E-state index contributed by atoms with van der Waals surface area (Å²) in [7, 11) is 0. The predicted octanol–water partition coefficient (Wildman–Crippen LogP) is 5.94. The largest absolute Gasteiger partial charge is 0.514 e. The summed E-state index contributed by atoms with van der Waals surface area (Å²) in [5, 5.41) is 21.2. The van der Waals surface area contributed by atoms with Crippen molar-refractivity contribution in [3.63, 3.8) is 0 Å². The number of aromatic nitrogens is 3. The molecule has 2 aliphatic rings. The number of amides is 3. The number of carboxylic acid groups (broad SMARTS) is 1. The zero-order chi connectivity index (χ0) is 38.7. The third kappa shape index (κ3) is 11.4. The molecule has 0 spiro atoms. The highest BCUT2D eigenvalue weighted by Gasteiger charge is 2.29. The van der Waals surface area contributed by atoms with Crippen LogP contribution in [0.15, 0.2) is 42.6 Å². The Morgan fingerprint density at radius 1 is 1.04 bits per heavy atom. The molecule has 0 radical (unpaired) electrons. The number of fused-ring (bicyclic) bond motifs is 1. The number of aryl methyl sites for hydroxylation is 1. The van der Waals surface area contributed by atoms with E-state index in [1.54, 1.807) is 31.5 Å². The van der Waals surface area contributed by atoms with Gasteiger partial charge in [-0.25, -0.2) is 9.59 Å². The first-order valence-electron chi connectivity index (χ1n) is 18.7. The summed E-state index contributed by atoms with van der Waals surface area (Å²) in [4.78, 5) is 53.7. The first-order chi connectivity index (χ1) is 25.9. The van der Waals surface area contributed by atoms with Crippen LogP contribution < -0.4 is 14.8 Å². The van der Waals surface area contributed by atoms with Gasteiger partial charge in [-0.05, 0) is 76.6 Å². The molecule has 0 unspecified atom stereocenters. The van der Waals surface area contributed by atoms with Crippen LogP contribution in [0, 0.1) is 0 Å². The van der Waals surface area contributed by atoms with Crippen LogP contribution in [0.1, 0.15) is 77.3 Å². The number of rotatable bonds is 16. The number of nitrogens with zero attached hydrogens (tertiary/aromatic N) is 5. The predicted molar refractivity (Wildman–Crippen MR) is 200 cm³/mol. The highest BCUT2D eigenvalue weighted by atomic mass is 16.7. The SMILES string of the molecule is CCn1cc(-c2cccc(CCOCCC(=O)N(CCN(CCc3ccc(OC(=O)OC(C)(C)C)c4c3OCC(=O)N4)C(=O)O)C3CCCCC3)c2)nn1. The minimum Gasteiger partial charge on any atom is -0.481 e. The van der Waals surface area contributed by atoms with E-state index in [9.17, 15) is 24.3 Å². The van der Waals surface area contributed by atoms with Gasteiger partial charge in [-0.15, -0.1) is 5.10 Å². The highest BCUT2D eigenvalue weighted by molar-refractivity contribution is 5.98. The lowest BCUT2D eigenvalue weighted by Crippen LogP contribution is -2.47. The van der Waals surface area contributed by atoms with Crippen LogP contribution in [-0.2, 0) is 38.4 Å². The minimum absolute atomic E-state index is 0.0490. The zero-order valence-electron chi connectivity index (χ0n) is 31.7. The molecular formula is C39H52N6O9. The molecule has 1 aromatic heterocycles. The fourth-order valence-corrected chi connectivity index (χ4v) is 6.60. The Kier molecular flexibility index (Phi) is 13.9. The Morgan fingerprint density at radius 3 is 2.56 bits per heavy atom. The third-order valence-electron chi connectivity index (χ3n) is 9.34. The van der Waals surface area contributed by atoms with E-state index in [-0.39, 0.29) is 69.1 Å². The van der Waals surface area contributed by atoms with Crippen molar-refractivity contribution in [2.45, 2.75) is 97.2 Å². The Balaban J connectivity index is 1.15. The van der Waals surface area contributed by atoms with Gasteiger partial charge in [0.2, 0.25) is 5.91 Å². The molecule has 0 bridgehead atoms. The van der Waals surface area contributed by atoms with Gasteiger partial charge in [0.1, 0.15) is 17.0 Å². The van der Waals surface area contributed by atoms with Gasteiger partial charge in [-0.1, -0.05) is 48.7 Å². The van der Waals surface area contributed by atoms with Crippen molar-refractivity contribution in [3.05, 3.63) is 53.7 Å². The number of hydrogen-bond donors (Lipinski definition) is 2. The fourth-order valence-electron chi connectivity index (χ4n) is 6.60. The summed E-state index contributed by atoms with van der Waals surface area (Å²) < 4.78 is 24.0. The third-order valence-corrected chi connectivity index (χ3v) is 9.34. The number of anilines is 1. The number of carbonyl (C=O) groups excluding carboxylic acids is 3. The van der Waals surface area contributed by atoms with E-state index in [0.29, 0.717) is 24.3 Å². The van der Waals surface area contributed by atoms with Gasteiger partial charge in [0.05, 0.1) is 25.8 Å². The molecule has 1 aliphatic heterocycles. The van der Waals surface area contributed by atoms with Crippen LogP contribution >= 0.6 is 0 Å². The molecule has 292 valence electrons. The van der Waals surface area contributed by atoms with E-state index in [1.807, 2.05) is 36.2 Å². The van der Waals surface area contributed by atoms with E-state index < -0.39 is 23.8 Å². The molecule has 3 amide bonds. The summed E-state index contributed by atoms with van der Waals surface area (Å²) in [6.07, 6.45) is 5.96. The highest BCUT2D eigenvalue weighted by Crippen LogP contribution is 2.40. The van der Waals surface area contributed by atoms with Crippen LogP contribution in [0.4, 0.5) is 15.3 Å². The van der Waals surface area contributed by atoms with E-state index >= 15 is 0 Å². The topological polar surface area (TPSA) is 175 Å². The lowest BCUT2D eigenvalue weighted by atomic mass is 9.94. The van der Waals surface area contributed by atoms with Crippen molar-refractivity contribution in [1.82, 2.24) is 24.8 Å². The molecular weight excluding hydrogens is 696 g/mol. The van der Waals surface area contributed by atoms with Crippen LogP contribution in [0.3, 0.4) is 0 Å². The molecule has 2 heterocycles. The summed E-state index contributed by atoms with van der Waals surface area (Å²) >= 11 is 0. The van der Waals surface area contributed by atoms with Gasteiger partial charge in [0, 0.05) is 37.8 Å². The average Bonchev–Trinajstić information content (AvgIpc) is 3.63. The lowest BCUT2D eigenvalue weighted by Gasteiger charge is -2.36. The normalized spacial score (nSPS) is 14.4. The molecule has 5 rings (SSSR count). The smallest absolute Gasteiger partial charge is 0.481 e. The van der Waals surface area contributed by atoms with Crippen LogP contribution in [-0.4, -0.2) is 105 Å². The van der Waals surface area contributed by atoms with Crippen LogP contribution in [0.2, 0.25) is 0 Å². The number of hydrogen-bond acceptors (Lipinski definition) is 10. The molecule has 54 heavy (non-hydrogen) atoms. The molecule has 1 fully saturated rings. The molecule has 3 aromatic rings. The molecule has 1 aliphatic carbocycles. The minimum atomic E-state index is -1.11. The average molecular weight is 749 g/mol. The van der Waals surface area contributed by atoms with Crippen LogP contribution in [0.25, 0.3) is 11.3 Å². The zero-order valence-corrected chi connectivity index (χ0v) is 31.7. The molecule has 0 saturated heterocycles. The van der Waals surface area contributed by atoms with Gasteiger partial charge in [0.25, 0.3) is 5.91 Å². The van der Waals surface area contributed by atoms with Gasteiger partial charge < -0.3 is 39.2 Å². The maximum atomic E-state index is 13.6. The van der Waals surface area contributed by atoms with E-state index in [4.69, 9.17) is 18.9 Å². The lowest BCUT2D eigenvalue weighted by molar-refractivity contribution is -0.135. The van der Waals surface area contributed by atoms with Crippen molar-refractivity contribution >= 4 is 29.8 Å². The maximum Gasteiger partial charge on any atom is 0.514 e. The first kappa shape index (κ1) is 40.0. The fraction of sp³-hybridized carbons (Fsp3) is 0.538. The van der Waals surface area contributed by atoms with E-state index in [1.165, 1.54) is 11.0 Å². The number of benzene rings is 2. The summed E-state index contributed by atoms with van der Waals surface area (Å²) in [5.74, 6) is -0.112. The van der Waals surface area contributed by atoms with Gasteiger partial charge in [-0.2, -0.15) is 0 Å². The Hall–Kier alpha value is -5.18. The van der Waals surface area contributed by atoms with Crippen molar-refractivity contribution < 1.29 is 43.2 Å². The molecule has 1 saturated carbocycles. The Morgan fingerprint density at radius 2 is 1.83 bits per heavy atom. The van der Waals surface area contributed by atoms with Crippen molar-refractivity contribution in [3.8, 4) is 22.8 Å². The molecule has 2 N–H and O–H groups in total. The van der Waals surface area contributed by atoms with Gasteiger partial charge in [-0.3, -0.25) is 14.3 Å². The molecule has 15 nitrogen and oxygen atoms in total. The quantitative estimate of drug-likeness (QED) is 0.101. The summed E-state index contributed by atoms with van der Waals surface area (Å²) in [6, 6.07) is 11.3. The number of carbonyl (C=O) groups is 4. The van der Waals surface area contributed by atoms with Crippen molar-refractivity contribution in [2.75, 3.05) is 44.8 Å². The molecule has 2 aromatic carbocycles. The second-order valence-corrected chi connectivity index (χ2v) is 14.5. The monoisotopic (exact) mass is 748 g/mol. The Labute approximate surface area is 315 Å². The maximum absolute atomic E-state index is 13.6. The number of nitrogens with one attached hydrogen (secondary N) is 1. The summed E-state index contributed by atoms with van der Waals surface area (Å²) in [6.45, 7) is 8.87. The molecule has 15 heteroatoms. The van der Waals surface area contributed by atoms with E-state index in [0.717, 1.165) is 55.5 Å². The van der Waals surface area contributed by atoms with E-state index in [2.05, 4.69) is 21.7 Å². The second-order valence-electron chi connectivity index (χ2n) is 14.5. The summed E-state index contributed by atoms with van der Waals surface area (Å²) in [5.41, 5.74) is 2.93. The number of ether oxygens (including phenoxy) is 4.